The number of benzene rings is 1. The van der Waals surface area contributed by atoms with Gasteiger partial charge in [-0.2, -0.15) is 0 Å². The topological polar surface area (TPSA) is 23.5 Å². The average Bonchev–Trinajstić information content (AvgIpc) is 2.34. The molecule has 0 aromatic heterocycles. The fraction of sp³-hybridized carbons (Fsp3) is 0.429. The largest absolute Gasteiger partial charge is 0.508 e. The number of hydrogen-bond donors (Lipinski definition) is 1. The number of phenolic OH excluding ortho intramolecular Hbond substituents is 1. The van der Waals surface area contributed by atoms with Gasteiger partial charge in [0, 0.05) is 10.0 Å². The Morgan fingerprint density at radius 2 is 2.00 bits per heavy atom. The van der Waals surface area contributed by atoms with Gasteiger partial charge in [-0.15, -0.1) is 6.58 Å². The molecule has 0 radical (unpaired) electrons. The van der Waals surface area contributed by atoms with Crippen molar-refractivity contribution >= 4 is 15.9 Å². The Labute approximate surface area is 111 Å². The molecule has 0 bridgehead atoms. The lowest BCUT2D eigenvalue weighted by molar-refractivity contribution is 0.190. The molecule has 2 nitrogen and oxygen atoms in total. The van der Waals surface area contributed by atoms with E-state index < -0.39 is 0 Å². The van der Waals surface area contributed by atoms with E-state index in [0.29, 0.717) is 5.75 Å². The number of nitrogens with zero attached hydrogens (tertiary/aromatic N) is 1. The molecule has 1 N–H and O–H groups in total. The summed E-state index contributed by atoms with van der Waals surface area (Å²) >= 11 is 3.36. The predicted octanol–water partition coefficient (Wildman–Crippen LogP) is 3.87. The first-order valence-electron chi connectivity index (χ1n) is 6.07. The summed E-state index contributed by atoms with van der Waals surface area (Å²) < 4.78 is 0.903. The maximum Gasteiger partial charge on any atom is 0.121 e. The minimum Gasteiger partial charge on any atom is -0.508 e. The molecule has 17 heavy (non-hydrogen) atoms. The molecule has 1 aliphatic rings. The zero-order valence-corrected chi connectivity index (χ0v) is 11.5. The van der Waals surface area contributed by atoms with Gasteiger partial charge in [-0.1, -0.05) is 34.5 Å². The highest BCUT2D eigenvalue weighted by Crippen LogP contribution is 2.33. The molecular formula is C14H18BrNO. The molecule has 1 heterocycles. The number of halogens is 1. The fourth-order valence-corrected chi connectivity index (χ4v) is 2.79. The van der Waals surface area contributed by atoms with Crippen LogP contribution < -0.4 is 0 Å². The lowest BCUT2D eigenvalue weighted by Crippen LogP contribution is -2.32. The third-order valence-corrected chi connectivity index (χ3v) is 3.81. The first-order valence-corrected chi connectivity index (χ1v) is 6.86. The van der Waals surface area contributed by atoms with Crippen LogP contribution in [0, 0.1) is 0 Å². The van der Waals surface area contributed by atoms with E-state index in [1.54, 1.807) is 6.07 Å². The van der Waals surface area contributed by atoms with Crippen molar-refractivity contribution < 1.29 is 5.11 Å². The summed E-state index contributed by atoms with van der Waals surface area (Å²) in [5.74, 6) is 0.342. The molecule has 1 atom stereocenters. The molecule has 1 aliphatic heterocycles. The van der Waals surface area contributed by atoms with E-state index in [2.05, 4.69) is 27.4 Å². The highest BCUT2D eigenvalue weighted by molar-refractivity contribution is 9.10. The van der Waals surface area contributed by atoms with Gasteiger partial charge < -0.3 is 5.11 Å². The number of hydrogen-bond acceptors (Lipinski definition) is 2. The second-order valence-corrected chi connectivity index (χ2v) is 5.40. The molecule has 3 heteroatoms. The van der Waals surface area contributed by atoms with Crippen LogP contribution in [0.25, 0.3) is 0 Å². The van der Waals surface area contributed by atoms with Crippen molar-refractivity contribution in [3.8, 4) is 5.75 Å². The van der Waals surface area contributed by atoms with Crippen molar-refractivity contribution in [3.05, 3.63) is 40.9 Å². The van der Waals surface area contributed by atoms with Crippen LogP contribution in [-0.2, 0) is 0 Å². The first-order chi connectivity index (χ1) is 8.22. The zero-order chi connectivity index (χ0) is 12.3. The van der Waals surface area contributed by atoms with E-state index >= 15 is 0 Å². The van der Waals surface area contributed by atoms with Crippen LogP contribution >= 0.6 is 15.9 Å². The second-order valence-electron chi connectivity index (χ2n) is 4.48. The van der Waals surface area contributed by atoms with Gasteiger partial charge in [0.2, 0.25) is 0 Å². The standard InChI is InChI=1S/C14H18BrNO/c1-2-13(16-8-4-3-5-9-16)12-7-6-11(15)10-14(12)17/h2,6-7,10,13,17H,1,3-5,8-9H2. The van der Waals surface area contributed by atoms with Crippen LogP contribution in [0.15, 0.2) is 35.3 Å². The Hall–Kier alpha value is -0.800. The van der Waals surface area contributed by atoms with Crippen molar-refractivity contribution in [3.63, 3.8) is 0 Å². The number of rotatable bonds is 3. The van der Waals surface area contributed by atoms with Crippen molar-refractivity contribution in [1.82, 2.24) is 4.90 Å². The van der Waals surface area contributed by atoms with Gasteiger partial charge in [-0.3, -0.25) is 4.90 Å². The summed E-state index contributed by atoms with van der Waals surface area (Å²) in [6, 6.07) is 5.81. The van der Waals surface area contributed by atoms with Crippen LogP contribution in [0.5, 0.6) is 5.75 Å². The SMILES string of the molecule is C=CC(c1ccc(Br)cc1O)N1CCCCC1. The van der Waals surface area contributed by atoms with Crippen LogP contribution in [0.3, 0.4) is 0 Å². The van der Waals surface area contributed by atoms with Gasteiger partial charge in [-0.05, 0) is 38.1 Å². The summed E-state index contributed by atoms with van der Waals surface area (Å²) in [6.07, 6.45) is 5.71. The quantitative estimate of drug-likeness (QED) is 0.856. The van der Waals surface area contributed by atoms with E-state index in [1.807, 2.05) is 18.2 Å². The monoisotopic (exact) mass is 295 g/mol. The van der Waals surface area contributed by atoms with E-state index in [4.69, 9.17) is 0 Å². The van der Waals surface area contributed by atoms with Gasteiger partial charge in [0.1, 0.15) is 5.75 Å². The Morgan fingerprint density at radius 1 is 1.29 bits per heavy atom. The fourth-order valence-electron chi connectivity index (χ4n) is 2.44. The minimum absolute atomic E-state index is 0.128. The number of phenols is 1. The van der Waals surface area contributed by atoms with Crippen molar-refractivity contribution in [2.75, 3.05) is 13.1 Å². The Morgan fingerprint density at radius 3 is 2.59 bits per heavy atom. The highest BCUT2D eigenvalue weighted by atomic mass is 79.9. The molecule has 1 unspecified atom stereocenters. The van der Waals surface area contributed by atoms with Crippen LogP contribution in [0.2, 0.25) is 0 Å². The van der Waals surface area contributed by atoms with Crippen LogP contribution in [0.1, 0.15) is 30.9 Å². The molecule has 2 rings (SSSR count). The van der Waals surface area contributed by atoms with Gasteiger partial charge in [0.25, 0.3) is 0 Å². The summed E-state index contributed by atoms with van der Waals surface area (Å²) in [5.41, 5.74) is 0.949. The lowest BCUT2D eigenvalue weighted by Gasteiger charge is -2.33. The minimum atomic E-state index is 0.128. The Kier molecular flexibility index (Phi) is 4.24. The molecular weight excluding hydrogens is 278 g/mol. The maximum atomic E-state index is 10.0. The normalized spacial score (nSPS) is 18.9. The predicted molar refractivity (Wildman–Crippen MR) is 74.2 cm³/mol. The Balaban J connectivity index is 2.24. The molecule has 1 aromatic carbocycles. The smallest absolute Gasteiger partial charge is 0.121 e. The first kappa shape index (κ1) is 12.7. The summed E-state index contributed by atoms with van der Waals surface area (Å²) in [7, 11) is 0. The second kappa shape index (κ2) is 5.69. The summed E-state index contributed by atoms with van der Waals surface area (Å²) in [5, 5.41) is 10.0. The average molecular weight is 296 g/mol. The maximum absolute atomic E-state index is 10.0. The van der Waals surface area contributed by atoms with E-state index in [0.717, 1.165) is 23.1 Å². The van der Waals surface area contributed by atoms with Gasteiger partial charge >= 0.3 is 0 Å². The molecule has 1 fully saturated rings. The van der Waals surface area contributed by atoms with E-state index in [-0.39, 0.29) is 6.04 Å². The lowest BCUT2D eigenvalue weighted by atomic mass is 10.0. The molecule has 92 valence electrons. The summed E-state index contributed by atoms with van der Waals surface area (Å²) in [6.45, 7) is 6.09. The van der Waals surface area contributed by atoms with Crippen LogP contribution in [0.4, 0.5) is 0 Å². The highest BCUT2D eigenvalue weighted by Gasteiger charge is 2.21. The van der Waals surface area contributed by atoms with E-state index in [9.17, 15) is 5.11 Å². The molecule has 1 saturated heterocycles. The third kappa shape index (κ3) is 2.90. The van der Waals surface area contributed by atoms with Gasteiger partial charge in [0.05, 0.1) is 6.04 Å². The van der Waals surface area contributed by atoms with Crippen molar-refractivity contribution in [2.45, 2.75) is 25.3 Å². The van der Waals surface area contributed by atoms with Crippen molar-refractivity contribution in [1.29, 1.82) is 0 Å². The Bertz CT molecular complexity index is 399. The molecule has 1 aromatic rings. The summed E-state index contributed by atoms with van der Waals surface area (Å²) in [4.78, 5) is 2.39. The number of likely N-dealkylation sites (tertiary alicyclic amines) is 1. The molecule has 0 aliphatic carbocycles. The third-order valence-electron chi connectivity index (χ3n) is 3.32. The van der Waals surface area contributed by atoms with Gasteiger partial charge in [0.15, 0.2) is 0 Å². The number of piperidine rings is 1. The van der Waals surface area contributed by atoms with Crippen LogP contribution in [-0.4, -0.2) is 23.1 Å². The van der Waals surface area contributed by atoms with Crippen molar-refractivity contribution in [2.24, 2.45) is 0 Å². The number of aromatic hydroxyl groups is 1. The molecule has 0 saturated carbocycles. The molecule has 0 amide bonds. The van der Waals surface area contributed by atoms with Gasteiger partial charge in [-0.25, -0.2) is 0 Å². The van der Waals surface area contributed by atoms with E-state index in [1.165, 1.54) is 19.3 Å². The molecule has 0 spiro atoms. The zero-order valence-electron chi connectivity index (χ0n) is 9.90.